The average Bonchev–Trinajstić information content (AvgIpc) is 2.76. The molecule has 0 aromatic rings. The SMILES string of the molecule is C=C(C)[C@H]1C[C@@H](OC(C)=O)[C@]2(C)O[C@@H]2C1. The maximum Gasteiger partial charge on any atom is 0.303 e. The quantitative estimate of drug-likeness (QED) is 0.398. The van der Waals surface area contributed by atoms with E-state index < -0.39 is 0 Å². The number of fused-ring (bicyclic) bond motifs is 1. The van der Waals surface area contributed by atoms with Gasteiger partial charge in [0.1, 0.15) is 11.7 Å². The lowest BCUT2D eigenvalue weighted by Gasteiger charge is -2.30. The summed E-state index contributed by atoms with van der Waals surface area (Å²) in [4.78, 5) is 11.0. The molecule has 1 aliphatic carbocycles. The Hall–Kier alpha value is -0.830. The van der Waals surface area contributed by atoms with E-state index in [4.69, 9.17) is 9.47 Å². The van der Waals surface area contributed by atoms with Gasteiger partial charge in [-0.15, -0.1) is 0 Å². The molecular formula is C12H18O3. The smallest absolute Gasteiger partial charge is 0.303 e. The zero-order valence-electron chi connectivity index (χ0n) is 9.58. The molecule has 15 heavy (non-hydrogen) atoms. The van der Waals surface area contributed by atoms with Gasteiger partial charge in [0.05, 0.1) is 6.10 Å². The summed E-state index contributed by atoms with van der Waals surface area (Å²) >= 11 is 0. The van der Waals surface area contributed by atoms with Crippen molar-refractivity contribution < 1.29 is 14.3 Å². The molecule has 1 heterocycles. The lowest BCUT2D eigenvalue weighted by molar-refractivity contribution is -0.151. The lowest BCUT2D eigenvalue weighted by Crippen LogP contribution is -2.39. The summed E-state index contributed by atoms with van der Waals surface area (Å²) in [5.74, 6) is 0.202. The Morgan fingerprint density at radius 3 is 2.67 bits per heavy atom. The molecule has 0 radical (unpaired) electrons. The topological polar surface area (TPSA) is 38.8 Å². The molecule has 4 atom stereocenters. The Bertz CT molecular complexity index is 310. The third-order valence-electron chi connectivity index (χ3n) is 3.62. The summed E-state index contributed by atoms with van der Waals surface area (Å²) in [5, 5.41) is 0. The van der Waals surface area contributed by atoms with Crippen LogP contribution in [0.25, 0.3) is 0 Å². The lowest BCUT2D eigenvalue weighted by atomic mass is 9.78. The molecule has 1 saturated heterocycles. The van der Waals surface area contributed by atoms with Gasteiger partial charge < -0.3 is 9.47 Å². The van der Waals surface area contributed by atoms with E-state index in [1.807, 2.05) is 13.8 Å². The molecule has 0 spiro atoms. The van der Waals surface area contributed by atoms with Gasteiger partial charge in [-0.2, -0.15) is 0 Å². The Morgan fingerprint density at radius 2 is 2.13 bits per heavy atom. The van der Waals surface area contributed by atoms with Gasteiger partial charge in [-0.1, -0.05) is 12.2 Å². The van der Waals surface area contributed by atoms with Crippen molar-refractivity contribution in [3.05, 3.63) is 12.2 Å². The van der Waals surface area contributed by atoms with Gasteiger partial charge >= 0.3 is 5.97 Å². The molecule has 0 aromatic heterocycles. The Morgan fingerprint density at radius 1 is 1.47 bits per heavy atom. The van der Waals surface area contributed by atoms with Crippen molar-refractivity contribution in [1.82, 2.24) is 0 Å². The van der Waals surface area contributed by atoms with E-state index in [2.05, 4.69) is 6.58 Å². The number of hydrogen-bond donors (Lipinski definition) is 0. The fraction of sp³-hybridized carbons (Fsp3) is 0.750. The van der Waals surface area contributed by atoms with Crippen molar-refractivity contribution >= 4 is 5.97 Å². The molecule has 3 nitrogen and oxygen atoms in total. The number of allylic oxidation sites excluding steroid dienone is 1. The molecule has 1 saturated carbocycles. The predicted molar refractivity (Wildman–Crippen MR) is 56.4 cm³/mol. The van der Waals surface area contributed by atoms with Crippen molar-refractivity contribution in [1.29, 1.82) is 0 Å². The number of rotatable bonds is 2. The second-order valence-electron chi connectivity index (χ2n) is 4.90. The summed E-state index contributed by atoms with van der Waals surface area (Å²) in [6.45, 7) is 9.48. The molecule has 3 heteroatoms. The van der Waals surface area contributed by atoms with E-state index in [9.17, 15) is 4.79 Å². The molecular weight excluding hydrogens is 192 g/mol. The first-order chi connectivity index (χ1) is 6.93. The van der Waals surface area contributed by atoms with Crippen LogP contribution in [0.3, 0.4) is 0 Å². The van der Waals surface area contributed by atoms with Gasteiger partial charge in [-0.3, -0.25) is 4.79 Å². The summed E-state index contributed by atoms with van der Waals surface area (Å²) < 4.78 is 11.0. The molecule has 2 fully saturated rings. The van der Waals surface area contributed by atoms with Gasteiger partial charge in [0.15, 0.2) is 0 Å². The number of epoxide rings is 1. The third-order valence-corrected chi connectivity index (χ3v) is 3.62. The monoisotopic (exact) mass is 210 g/mol. The van der Waals surface area contributed by atoms with Crippen molar-refractivity contribution in [3.63, 3.8) is 0 Å². The zero-order valence-corrected chi connectivity index (χ0v) is 9.58. The van der Waals surface area contributed by atoms with Crippen LogP contribution in [0.4, 0.5) is 0 Å². The summed E-state index contributed by atoms with van der Waals surface area (Å²) in [7, 11) is 0. The fourth-order valence-electron chi connectivity index (χ4n) is 2.45. The first-order valence-corrected chi connectivity index (χ1v) is 5.44. The van der Waals surface area contributed by atoms with Crippen molar-refractivity contribution in [3.8, 4) is 0 Å². The van der Waals surface area contributed by atoms with E-state index >= 15 is 0 Å². The van der Waals surface area contributed by atoms with Crippen LogP contribution in [-0.4, -0.2) is 23.8 Å². The minimum atomic E-state index is -0.225. The van der Waals surface area contributed by atoms with Crippen LogP contribution in [0.5, 0.6) is 0 Å². The predicted octanol–water partition coefficient (Wildman–Crippen LogP) is 2.06. The molecule has 1 aliphatic heterocycles. The van der Waals surface area contributed by atoms with Crippen molar-refractivity contribution in [2.75, 3.05) is 0 Å². The highest BCUT2D eigenvalue weighted by Crippen LogP contribution is 2.51. The van der Waals surface area contributed by atoms with Gasteiger partial charge in [0.2, 0.25) is 0 Å². The molecule has 0 unspecified atom stereocenters. The standard InChI is InChI=1S/C12H18O3/c1-7(2)9-5-10(14-8(3)13)12(4)11(6-9)15-12/h9-11H,1,5-6H2,2-4H3/t9-,10+,11+,12-/m0/s1. The first-order valence-electron chi connectivity index (χ1n) is 5.44. The van der Waals surface area contributed by atoms with E-state index in [1.165, 1.54) is 6.92 Å². The van der Waals surface area contributed by atoms with Crippen LogP contribution in [0.1, 0.15) is 33.6 Å². The maximum atomic E-state index is 11.0. The van der Waals surface area contributed by atoms with E-state index in [1.54, 1.807) is 0 Å². The van der Waals surface area contributed by atoms with Crippen LogP contribution in [-0.2, 0) is 14.3 Å². The normalized spacial score (nSPS) is 43.0. The van der Waals surface area contributed by atoms with Crippen LogP contribution >= 0.6 is 0 Å². The van der Waals surface area contributed by atoms with Gasteiger partial charge in [-0.05, 0) is 32.6 Å². The number of ether oxygens (including phenoxy) is 2. The first kappa shape index (κ1) is 10.7. The number of carbonyl (C=O) groups excluding carboxylic acids is 1. The Balaban J connectivity index is 2.07. The number of hydrogen-bond acceptors (Lipinski definition) is 3. The van der Waals surface area contributed by atoms with Crippen LogP contribution < -0.4 is 0 Å². The Kier molecular flexibility index (Phi) is 2.38. The Labute approximate surface area is 90.4 Å². The number of carbonyl (C=O) groups is 1. The molecule has 0 bridgehead atoms. The molecule has 2 aliphatic rings. The molecule has 84 valence electrons. The van der Waals surface area contributed by atoms with Crippen LogP contribution in [0.15, 0.2) is 12.2 Å². The van der Waals surface area contributed by atoms with Crippen LogP contribution in [0, 0.1) is 5.92 Å². The molecule has 0 amide bonds. The molecule has 0 aromatic carbocycles. The summed E-state index contributed by atoms with van der Waals surface area (Å²) in [6, 6.07) is 0. The van der Waals surface area contributed by atoms with E-state index in [-0.39, 0.29) is 23.8 Å². The van der Waals surface area contributed by atoms with Gasteiger partial charge in [-0.25, -0.2) is 0 Å². The fourth-order valence-corrected chi connectivity index (χ4v) is 2.45. The third kappa shape index (κ3) is 1.81. The average molecular weight is 210 g/mol. The van der Waals surface area contributed by atoms with E-state index in [0.29, 0.717) is 5.92 Å². The molecule has 0 N–H and O–H groups in total. The van der Waals surface area contributed by atoms with E-state index in [0.717, 1.165) is 18.4 Å². The second kappa shape index (κ2) is 3.34. The second-order valence-corrected chi connectivity index (χ2v) is 4.90. The van der Waals surface area contributed by atoms with Gasteiger partial charge in [0, 0.05) is 6.92 Å². The minimum Gasteiger partial charge on any atom is -0.459 e. The highest BCUT2D eigenvalue weighted by molar-refractivity contribution is 5.66. The van der Waals surface area contributed by atoms with Gasteiger partial charge in [0.25, 0.3) is 0 Å². The van der Waals surface area contributed by atoms with Crippen molar-refractivity contribution in [2.24, 2.45) is 5.92 Å². The highest BCUT2D eigenvalue weighted by atomic mass is 16.6. The highest BCUT2D eigenvalue weighted by Gasteiger charge is 2.62. The number of esters is 1. The van der Waals surface area contributed by atoms with Crippen molar-refractivity contribution in [2.45, 2.75) is 51.4 Å². The summed E-state index contributed by atoms with van der Waals surface area (Å²) in [5.41, 5.74) is 0.933. The molecule has 2 rings (SSSR count). The largest absolute Gasteiger partial charge is 0.459 e. The minimum absolute atomic E-state index is 0.101. The maximum absolute atomic E-state index is 11.0. The zero-order chi connectivity index (χ0) is 11.2. The summed E-state index contributed by atoms with van der Waals surface area (Å²) in [6.07, 6.45) is 2.01. The van der Waals surface area contributed by atoms with Crippen LogP contribution in [0.2, 0.25) is 0 Å².